The molecule has 0 saturated heterocycles. The Morgan fingerprint density at radius 2 is 1.69 bits per heavy atom. The van der Waals surface area contributed by atoms with Gasteiger partial charge in [0, 0.05) is 0 Å². The molecule has 16 heavy (non-hydrogen) atoms. The molecule has 0 aliphatic carbocycles. The maximum absolute atomic E-state index is 5.74. The van der Waals surface area contributed by atoms with E-state index in [-0.39, 0.29) is 0 Å². The summed E-state index contributed by atoms with van der Waals surface area (Å²) in [5.41, 5.74) is 5.52. The topological polar surface area (TPSA) is 44.5 Å². The molecular weight excluding hydrogens is 238 g/mol. The summed E-state index contributed by atoms with van der Waals surface area (Å²) in [6, 6.07) is 10.3. The van der Waals surface area contributed by atoms with E-state index in [0.29, 0.717) is 0 Å². The number of benzene rings is 1. The molecule has 0 bridgehead atoms. The summed E-state index contributed by atoms with van der Waals surface area (Å²) in [6.07, 6.45) is 2.11. The molecule has 0 unspecified atom stereocenters. The van der Waals surface area contributed by atoms with Gasteiger partial charge in [-0.15, -0.1) is 0 Å². The Balaban J connectivity index is 2.79. The number of unbranched alkanes of at least 4 members (excludes halogenated alkanes) is 1. The van der Waals surface area contributed by atoms with Crippen molar-refractivity contribution in [2.45, 2.75) is 17.6 Å². The van der Waals surface area contributed by atoms with Crippen LogP contribution in [-0.2, 0) is 24.0 Å². The van der Waals surface area contributed by atoms with Gasteiger partial charge in [-0.3, -0.25) is 0 Å². The first kappa shape index (κ1) is 13.9. The average molecular weight is 259 g/mol. The Morgan fingerprint density at radius 1 is 1.06 bits per heavy atom. The number of rotatable bonds is 7. The zero-order chi connectivity index (χ0) is 11.9. The van der Waals surface area contributed by atoms with Gasteiger partial charge in [0.2, 0.25) is 0 Å². The second-order valence-electron chi connectivity index (χ2n) is 3.77. The normalized spacial score (nSPS) is 11.7. The number of nitrogens with two attached hydrogens (primary N) is 1. The SMILES string of the molecule is C[O][Ti]([CH2]CCCN)([O]C)[c]1ccccc1. The van der Waals surface area contributed by atoms with Crippen LogP contribution >= 0.6 is 0 Å². The zero-order valence-electron chi connectivity index (χ0n) is 10.1. The molecule has 0 fully saturated rings. The van der Waals surface area contributed by atoms with Gasteiger partial charge in [0.15, 0.2) is 0 Å². The van der Waals surface area contributed by atoms with Gasteiger partial charge in [-0.1, -0.05) is 0 Å². The second kappa shape index (κ2) is 7.20. The summed E-state index contributed by atoms with van der Waals surface area (Å²) >= 11 is -2.77. The Morgan fingerprint density at radius 3 is 2.19 bits per heavy atom. The van der Waals surface area contributed by atoms with Crippen LogP contribution in [0.3, 0.4) is 0 Å². The van der Waals surface area contributed by atoms with Crippen molar-refractivity contribution in [3.8, 4) is 0 Å². The third-order valence-corrected chi connectivity index (χ3v) is 8.37. The summed E-state index contributed by atoms with van der Waals surface area (Å²) in [6.45, 7) is 0.737. The van der Waals surface area contributed by atoms with E-state index in [1.54, 1.807) is 14.2 Å². The molecular formula is C12H21NO2Ti. The molecule has 2 N–H and O–H groups in total. The molecule has 90 valence electrons. The molecule has 0 saturated carbocycles. The monoisotopic (exact) mass is 259 g/mol. The summed E-state index contributed by atoms with van der Waals surface area (Å²) in [5.74, 6) is 0. The van der Waals surface area contributed by atoms with E-state index in [1.807, 2.05) is 18.2 Å². The Hall–Kier alpha value is -0.186. The third kappa shape index (κ3) is 3.40. The summed E-state index contributed by atoms with van der Waals surface area (Å²) in [7, 11) is 3.53. The summed E-state index contributed by atoms with van der Waals surface area (Å²) in [5, 5.41) is 0. The Labute approximate surface area is 102 Å². The van der Waals surface area contributed by atoms with Crippen LogP contribution in [0.5, 0.6) is 0 Å². The maximum atomic E-state index is 5.74. The number of hydrogen-bond donors (Lipinski definition) is 1. The fourth-order valence-corrected chi connectivity index (χ4v) is 6.16. The number of hydrogen-bond acceptors (Lipinski definition) is 3. The van der Waals surface area contributed by atoms with E-state index in [1.165, 1.54) is 3.87 Å². The predicted octanol–water partition coefficient (Wildman–Crippen LogP) is 1.75. The van der Waals surface area contributed by atoms with Crippen LogP contribution in [0.15, 0.2) is 30.3 Å². The van der Waals surface area contributed by atoms with Crippen LogP contribution in [0.4, 0.5) is 0 Å². The molecule has 4 heteroatoms. The van der Waals surface area contributed by atoms with Gasteiger partial charge >= 0.3 is 102 Å². The van der Waals surface area contributed by atoms with E-state index in [0.717, 1.165) is 24.1 Å². The minimum atomic E-state index is -2.77. The quantitative estimate of drug-likeness (QED) is 0.599. The molecule has 0 atom stereocenters. The zero-order valence-corrected chi connectivity index (χ0v) is 11.7. The fraction of sp³-hybridized carbons (Fsp3) is 0.500. The van der Waals surface area contributed by atoms with Crippen LogP contribution in [0.2, 0.25) is 4.73 Å². The van der Waals surface area contributed by atoms with Crippen molar-refractivity contribution < 1.29 is 24.0 Å². The molecule has 0 heterocycles. The predicted molar refractivity (Wildman–Crippen MR) is 63.2 cm³/mol. The standard InChI is InChI=1S/C6H5.C4H10N.2CH3O.Ti/c1-2-4-6-5-3-1;1-2-3-4-5;2*1-2;/h1-5H;1-5H2;2*1H3;/q;;2*-1;+2. The van der Waals surface area contributed by atoms with E-state index >= 15 is 0 Å². The van der Waals surface area contributed by atoms with Crippen molar-refractivity contribution in [3.05, 3.63) is 30.3 Å². The molecule has 0 aliphatic heterocycles. The van der Waals surface area contributed by atoms with Crippen LogP contribution in [0.25, 0.3) is 0 Å². The van der Waals surface area contributed by atoms with Crippen LogP contribution in [-0.4, -0.2) is 20.8 Å². The molecule has 0 amide bonds. The van der Waals surface area contributed by atoms with E-state index in [9.17, 15) is 0 Å². The Bertz CT molecular complexity index is 288. The molecule has 1 rings (SSSR count). The van der Waals surface area contributed by atoms with E-state index in [2.05, 4.69) is 12.1 Å². The van der Waals surface area contributed by atoms with Gasteiger partial charge in [0.25, 0.3) is 0 Å². The van der Waals surface area contributed by atoms with Gasteiger partial charge in [-0.05, 0) is 0 Å². The first-order valence-electron chi connectivity index (χ1n) is 5.65. The van der Waals surface area contributed by atoms with Gasteiger partial charge < -0.3 is 0 Å². The first-order valence-corrected chi connectivity index (χ1v) is 8.81. The van der Waals surface area contributed by atoms with Crippen LogP contribution in [0, 0.1) is 0 Å². The van der Waals surface area contributed by atoms with Crippen molar-refractivity contribution in [2.24, 2.45) is 5.73 Å². The van der Waals surface area contributed by atoms with E-state index in [4.69, 9.17) is 12.4 Å². The van der Waals surface area contributed by atoms with Gasteiger partial charge in [0.05, 0.1) is 0 Å². The molecule has 1 aromatic rings. The molecule has 0 radical (unpaired) electrons. The van der Waals surface area contributed by atoms with Crippen molar-refractivity contribution in [2.75, 3.05) is 20.8 Å². The molecule has 1 aromatic carbocycles. The van der Waals surface area contributed by atoms with Gasteiger partial charge in [0.1, 0.15) is 0 Å². The Kier molecular flexibility index (Phi) is 6.25. The van der Waals surface area contributed by atoms with Crippen LogP contribution in [0.1, 0.15) is 12.8 Å². The van der Waals surface area contributed by atoms with Crippen LogP contribution < -0.4 is 9.60 Å². The average Bonchev–Trinajstić information content (AvgIpc) is 2.36. The molecule has 0 spiro atoms. The van der Waals surface area contributed by atoms with Crippen molar-refractivity contribution in [1.82, 2.24) is 0 Å². The molecule has 0 aliphatic rings. The molecule has 0 aromatic heterocycles. The van der Waals surface area contributed by atoms with Gasteiger partial charge in [-0.25, -0.2) is 0 Å². The fourth-order valence-electron chi connectivity index (χ4n) is 1.86. The summed E-state index contributed by atoms with van der Waals surface area (Å²) in [4.78, 5) is 0. The van der Waals surface area contributed by atoms with Crippen molar-refractivity contribution in [1.29, 1.82) is 0 Å². The molecule has 3 nitrogen and oxygen atoms in total. The minimum absolute atomic E-state index is 0.737. The second-order valence-corrected chi connectivity index (χ2v) is 9.08. The van der Waals surface area contributed by atoms with E-state index < -0.39 is 17.4 Å². The van der Waals surface area contributed by atoms with Gasteiger partial charge in [-0.2, -0.15) is 0 Å². The first-order chi connectivity index (χ1) is 7.79. The summed E-state index contributed by atoms with van der Waals surface area (Å²) < 4.78 is 13.7. The van der Waals surface area contributed by atoms with Crippen molar-refractivity contribution in [3.63, 3.8) is 0 Å². The third-order valence-electron chi connectivity index (χ3n) is 2.83. The van der Waals surface area contributed by atoms with Crippen molar-refractivity contribution >= 4 is 3.87 Å².